The molecular formula is C31H42N2O6. The highest BCUT2D eigenvalue weighted by Crippen LogP contribution is 2.31. The molecule has 2 fully saturated rings. The quantitative estimate of drug-likeness (QED) is 0.288. The molecule has 2 aromatic rings. The third kappa shape index (κ3) is 8.34. The second-order valence-corrected chi connectivity index (χ2v) is 10.8. The number of aliphatic carboxylic acids is 1. The number of fused-ring (bicyclic) bond motifs is 1. The highest BCUT2D eigenvalue weighted by Gasteiger charge is 2.35. The summed E-state index contributed by atoms with van der Waals surface area (Å²) in [7, 11) is 0. The molecule has 3 aliphatic rings. The minimum absolute atomic E-state index is 0.0899. The molecule has 1 aromatic heterocycles. The number of carbonyl (C=O) groups is 2. The van der Waals surface area contributed by atoms with Crippen LogP contribution in [0.2, 0.25) is 0 Å². The van der Waals surface area contributed by atoms with Crippen molar-refractivity contribution < 1.29 is 29.3 Å². The van der Waals surface area contributed by atoms with Gasteiger partial charge in [0, 0.05) is 31.1 Å². The summed E-state index contributed by atoms with van der Waals surface area (Å²) in [5.41, 5.74) is 5.78. The fourth-order valence-corrected chi connectivity index (χ4v) is 5.71. The van der Waals surface area contributed by atoms with Gasteiger partial charge in [-0.1, -0.05) is 30.3 Å². The minimum atomic E-state index is -0.802. The van der Waals surface area contributed by atoms with E-state index in [1.165, 1.54) is 42.6 Å². The molecule has 0 amide bonds. The Morgan fingerprint density at radius 2 is 1.82 bits per heavy atom. The van der Waals surface area contributed by atoms with Crippen molar-refractivity contribution in [1.82, 2.24) is 9.88 Å². The highest BCUT2D eigenvalue weighted by molar-refractivity contribution is 5.76. The third-order valence-electron chi connectivity index (χ3n) is 8.07. The summed E-state index contributed by atoms with van der Waals surface area (Å²) in [5, 5.41) is 17.0. The lowest BCUT2D eigenvalue weighted by Gasteiger charge is -2.28. The predicted octanol–water partition coefficient (Wildman–Crippen LogP) is 4.97. The molecule has 2 aliphatic carbocycles. The lowest BCUT2D eigenvalue weighted by Crippen LogP contribution is -2.34. The minimum Gasteiger partial charge on any atom is -0.483 e. The monoisotopic (exact) mass is 538 g/mol. The van der Waals surface area contributed by atoms with E-state index >= 15 is 0 Å². The van der Waals surface area contributed by atoms with Gasteiger partial charge in [0.15, 0.2) is 0 Å². The van der Waals surface area contributed by atoms with Gasteiger partial charge in [-0.25, -0.2) is 0 Å². The molecule has 1 aliphatic heterocycles. The number of benzene rings is 1. The topological polar surface area (TPSA) is 109 Å². The van der Waals surface area contributed by atoms with Crippen LogP contribution < -0.4 is 0 Å². The van der Waals surface area contributed by atoms with Gasteiger partial charge in [0.1, 0.15) is 6.04 Å². The molecule has 0 spiro atoms. The maximum absolute atomic E-state index is 12.3. The largest absolute Gasteiger partial charge is 0.483 e. The Balaban J connectivity index is 0.00000112. The van der Waals surface area contributed by atoms with E-state index in [-0.39, 0.29) is 12.6 Å². The molecule has 2 heterocycles. The maximum Gasteiger partial charge on any atom is 0.325 e. The number of unbranched alkanes of at least 4 members (excludes halogenated alkanes) is 1. The van der Waals surface area contributed by atoms with E-state index < -0.39 is 12.0 Å². The molecule has 1 aromatic carbocycles. The average molecular weight is 539 g/mol. The molecule has 1 saturated carbocycles. The number of hydrogen-bond acceptors (Lipinski definition) is 6. The van der Waals surface area contributed by atoms with Gasteiger partial charge >= 0.3 is 5.97 Å². The first-order valence-electron chi connectivity index (χ1n) is 14.4. The Hall–Kier alpha value is -2.81. The zero-order valence-corrected chi connectivity index (χ0v) is 22.8. The first kappa shape index (κ1) is 29.2. The fraction of sp³-hybridized carbons (Fsp3) is 0.581. The molecule has 8 nitrogen and oxygen atoms in total. The van der Waals surface area contributed by atoms with Gasteiger partial charge in [-0.2, -0.15) is 0 Å². The van der Waals surface area contributed by atoms with E-state index in [1.54, 1.807) is 0 Å². The van der Waals surface area contributed by atoms with Crippen LogP contribution >= 0.6 is 0 Å². The van der Waals surface area contributed by atoms with E-state index in [0.29, 0.717) is 25.9 Å². The van der Waals surface area contributed by atoms with E-state index in [2.05, 4.69) is 17.0 Å². The SMILES string of the molecule is O=C(O)C(c1ccccc1COC1CCC1)N1CC[C@@H](OCCCCc2ccc3c(n2)CCCC3)C1.O=CO. The molecule has 2 N–H and O–H groups in total. The molecule has 1 unspecified atom stereocenters. The number of carboxylic acid groups (broad SMARTS) is 2. The van der Waals surface area contributed by atoms with Crippen LogP contribution in [0.3, 0.4) is 0 Å². The predicted molar refractivity (Wildman–Crippen MR) is 148 cm³/mol. The summed E-state index contributed by atoms with van der Waals surface area (Å²) < 4.78 is 12.2. The summed E-state index contributed by atoms with van der Waals surface area (Å²) in [6.07, 6.45) is 12.6. The molecule has 2 atom stereocenters. The Labute approximate surface area is 231 Å². The van der Waals surface area contributed by atoms with Crippen molar-refractivity contribution in [2.75, 3.05) is 19.7 Å². The molecule has 1 saturated heterocycles. The molecule has 212 valence electrons. The Morgan fingerprint density at radius 1 is 1.03 bits per heavy atom. The second kappa shape index (κ2) is 15.1. The lowest BCUT2D eigenvalue weighted by atomic mass is 9.95. The standard InChI is InChI=1S/C30H40N2O4.CH2O2/c33-30(34)29(27-13-3-1-9-23(27)21-36-25-11-7-12-25)32-18-17-26(20-32)35-19-6-5-10-24-16-15-22-8-2-4-14-28(22)31-24;2-1-3/h1,3,9,13,15-16,25-26,29H,2,4-8,10-12,14,17-21H2,(H,33,34);1H,(H,2,3)/t26-,29?;/m1./s1. The van der Waals surface area contributed by atoms with Gasteiger partial charge in [0.25, 0.3) is 6.47 Å². The molecule has 0 radical (unpaired) electrons. The zero-order chi connectivity index (χ0) is 27.5. The van der Waals surface area contributed by atoms with Crippen LogP contribution in [0.25, 0.3) is 0 Å². The number of likely N-dealkylation sites (tertiary alicyclic amines) is 1. The summed E-state index contributed by atoms with van der Waals surface area (Å²) in [6, 6.07) is 11.7. The van der Waals surface area contributed by atoms with Gasteiger partial charge in [-0.15, -0.1) is 0 Å². The lowest BCUT2D eigenvalue weighted by molar-refractivity contribution is -0.143. The van der Waals surface area contributed by atoms with E-state index in [4.69, 9.17) is 24.4 Å². The first-order valence-corrected chi connectivity index (χ1v) is 14.4. The van der Waals surface area contributed by atoms with Crippen LogP contribution in [0, 0.1) is 0 Å². The third-order valence-corrected chi connectivity index (χ3v) is 8.07. The van der Waals surface area contributed by atoms with E-state index in [0.717, 1.165) is 62.6 Å². The van der Waals surface area contributed by atoms with Gasteiger partial charge in [0.05, 0.1) is 18.8 Å². The highest BCUT2D eigenvalue weighted by atomic mass is 16.5. The molecule has 39 heavy (non-hydrogen) atoms. The number of rotatable bonds is 12. The molecule has 0 bridgehead atoms. The fourth-order valence-electron chi connectivity index (χ4n) is 5.71. The van der Waals surface area contributed by atoms with Crippen molar-refractivity contribution in [3.8, 4) is 0 Å². The molecule has 8 heteroatoms. The number of ether oxygens (including phenoxy) is 2. The number of hydrogen-bond donors (Lipinski definition) is 2. The van der Waals surface area contributed by atoms with Crippen molar-refractivity contribution in [2.24, 2.45) is 0 Å². The van der Waals surface area contributed by atoms with Crippen molar-refractivity contribution >= 4 is 12.4 Å². The zero-order valence-electron chi connectivity index (χ0n) is 22.8. The van der Waals surface area contributed by atoms with Gasteiger partial charge in [-0.05, 0) is 93.4 Å². The van der Waals surface area contributed by atoms with Crippen molar-refractivity contribution in [3.63, 3.8) is 0 Å². The number of pyridine rings is 1. The Kier molecular flexibility index (Phi) is 11.3. The van der Waals surface area contributed by atoms with E-state index in [9.17, 15) is 9.90 Å². The summed E-state index contributed by atoms with van der Waals surface area (Å²) in [4.78, 5) is 27.7. The van der Waals surface area contributed by atoms with Gasteiger partial charge in [0.2, 0.25) is 0 Å². The number of aromatic nitrogens is 1. The number of carboxylic acids is 1. The summed E-state index contributed by atoms with van der Waals surface area (Å²) in [5.74, 6) is -0.802. The van der Waals surface area contributed by atoms with Crippen LogP contribution in [0.4, 0.5) is 0 Å². The van der Waals surface area contributed by atoms with Crippen LogP contribution in [-0.4, -0.2) is 64.4 Å². The summed E-state index contributed by atoms with van der Waals surface area (Å²) >= 11 is 0. The summed E-state index contributed by atoms with van der Waals surface area (Å²) in [6.45, 7) is 2.34. The van der Waals surface area contributed by atoms with Crippen molar-refractivity contribution in [1.29, 1.82) is 0 Å². The maximum atomic E-state index is 12.3. The Morgan fingerprint density at radius 3 is 2.59 bits per heavy atom. The van der Waals surface area contributed by atoms with Crippen LogP contribution in [-0.2, 0) is 44.9 Å². The van der Waals surface area contributed by atoms with Crippen LogP contribution in [0.1, 0.15) is 85.5 Å². The van der Waals surface area contributed by atoms with Crippen molar-refractivity contribution in [2.45, 2.75) is 95.5 Å². The number of nitrogens with zero attached hydrogens (tertiary/aromatic N) is 2. The van der Waals surface area contributed by atoms with Crippen molar-refractivity contribution in [3.05, 3.63) is 64.5 Å². The molecule has 5 rings (SSSR count). The number of aryl methyl sites for hydroxylation is 3. The van der Waals surface area contributed by atoms with Gasteiger partial charge in [-0.3, -0.25) is 19.5 Å². The average Bonchev–Trinajstić information content (AvgIpc) is 3.37. The second-order valence-electron chi connectivity index (χ2n) is 10.8. The Bertz CT molecular complexity index is 1070. The van der Waals surface area contributed by atoms with Crippen LogP contribution in [0.15, 0.2) is 36.4 Å². The smallest absolute Gasteiger partial charge is 0.325 e. The normalized spacial score (nSPS) is 19.8. The van der Waals surface area contributed by atoms with Gasteiger partial charge < -0.3 is 19.7 Å². The molecular weight excluding hydrogens is 496 g/mol. The first-order chi connectivity index (χ1) is 19.1. The van der Waals surface area contributed by atoms with E-state index in [1.807, 2.05) is 24.3 Å². The van der Waals surface area contributed by atoms with Crippen LogP contribution in [0.5, 0.6) is 0 Å².